The number of amides is 1. The van der Waals surface area contributed by atoms with Crippen molar-refractivity contribution < 1.29 is 4.79 Å². The molecule has 2 heterocycles. The number of anilines is 2. The van der Waals surface area contributed by atoms with E-state index in [9.17, 15) is 4.79 Å². The molecule has 0 saturated carbocycles. The fourth-order valence-corrected chi connectivity index (χ4v) is 2.59. The molecular formula is C17H26N6O. The van der Waals surface area contributed by atoms with E-state index in [1.165, 1.54) is 6.92 Å². The second-order valence-corrected chi connectivity index (χ2v) is 6.51. The fourth-order valence-electron chi connectivity index (χ4n) is 2.59. The summed E-state index contributed by atoms with van der Waals surface area (Å²) < 4.78 is 0. The third-order valence-electron chi connectivity index (χ3n) is 3.92. The number of rotatable bonds is 7. The maximum Gasteiger partial charge on any atom is 0.222 e. The quantitative estimate of drug-likeness (QED) is 0.720. The summed E-state index contributed by atoms with van der Waals surface area (Å²) in [7, 11) is 0. The number of hydrogen-bond donors (Lipinski definition) is 3. The average Bonchev–Trinajstić information content (AvgIpc) is 2.50. The lowest BCUT2D eigenvalue weighted by Gasteiger charge is -2.32. The topological polar surface area (TPSA) is 106 Å². The highest BCUT2D eigenvalue weighted by molar-refractivity contribution is 5.86. The van der Waals surface area contributed by atoms with Crippen LogP contribution in [0.2, 0.25) is 0 Å². The third kappa shape index (κ3) is 4.53. The number of nitrogens with two attached hydrogens (primary N) is 1. The summed E-state index contributed by atoms with van der Waals surface area (Å²) in [6, 6.07) is 1.93. The maximum atomic E-state index is 11.3. The number of unbranched alkanes of at least 4 members (excludes halogenated alkanes) is 1. The SMILES string of the molecule is CCCCC(C)(CNC(C)=O)Nc1nc(N)nc2cc(C)cnc12. The lowest BCUT2D eigenvalue weighted by Crippen LogP contribution is -2.46. The number of aromatic nitrogens is 3. The highest BCUT2D eigenvalue weighted by Crippen LogP contribution is 2.25. The van der Waals surface area contributed by atoms with E-state index in [0.717, 1.165) is 24.8 Å². The molecule has 0 aliphatic heterocycles. The van der Waals surface area contributed by atoms with Gasteiger partial charge in [0.25, 0.3) is 0 Å². The van der Waals surface area contributed by atoms with Gasteiger partial charge in [-0.15, -0.1) is 0 Å². The lowest BCUT2D eigenvalue weighted by molar-refractivity contribution is -0.119. The number of fused-ring (bicyclic) bond motifs is 1. The molecule has 1 amide bonds. The van der Waals surface area contributed by atoms with E-state index in [1.807, 2.05) is 13.0 Å². The molecule has 24 heavy (non-hydrogen) atoms. The molecule has 130 valence electrons. The van der Waals surface area contributed by atoms with E-state index in [4.69, 9.17) is 5.73 Å². The monoisotopic (exact) mass is 330 g/mol. The molecule has 0 aliphatic carbocycles. The van der Waals surface area contributed by atoms with Crippen molar-refractivity contribution >= 4 is 28.7 Å². The summed E-state index contributed by atoms with van der Waals surface area (Å²) in [5.74, 6) is 0.747. The van der Waals surface area contributed by atoms with Gasteiger partial charge >= 0.3 is 0 Å². The van der Waals surface area contributed by atoms with Crippen LogP contribution in [0.5, 0.6) is 0 Å². The third-order valence-corrected chi connectivity index (χ3v) is 3.92. The molecule has 2 rings (SSSR count). The number of pyridine rings is 1. The van der Waals surface area contributed by atoms with E-state index in [1.54, 1.807) is 6.20 Å². The predicted molar refractivity (Wildman–Crippen MR) is 96.7 cm³/mol. The number of hydrogen-bond acceptors (Lipinski definition) is 6. The molecule has 0 spiro atoms. The van der Waals surface area contributed by atoms with Crippen molar-refractivity contribution in [2.24, 2.45) is 0 Å². The first-order valence-electron chi connectivity index (χ1n) is 8.25. The zero-order chi connectivity index (χ0) is 17.7. The van der Waals surface area contributed by atoms with Crippen LogP contribution in [-0.4, -0.2) is 32.9 Å². The van der Waals surface area contributed by atoms with Crippen LogP contribution in [0.3, 0.4) is 0 Å². The minimum absolute atomic E-state index is 0.0552. The molecule has 7 heteroatoms. The second kappa shape index (κ2) is 7.42. The predicted octanol–water partition coefficient (Wildman–Crippen LogP) is 2.41. The van der Waals surface area contributed by atoms with Crippen molar-refractivity contribution in [3.63, 3.8) is 0 Å². The Bertz CT molecular complexity index is 727. The Morgan fingerprint density at radius 2 is 2.12 bits per heavy atom. The normalized spacial score (nSPS) is 13.5. The molecule has 0 aromatic carbocycles. The van der Waals surface area contributed by atoms with Gasteiger partial charge in [-0.2, -0.15) is 4.98 Å². The van der Waals surface area contributed by atoms with Crippen LogP contribution in [0.4, 0.5) is 11.8 Å². The van der Waals surface area contributed by atoms with Crippen molar-refractivity contribution in [1.82, 2.24) is 20.3 Å². The van der Waals surface area contributed by atoms with Gasteiger partial charge in [0.05, 0.1) is 11.1 Å². The van der Waals surface area contributed by atoms with E-state index < -0.39 is 0 Å². The van der Waals surface area contributed by atoms with Gasteiger partial charge in [-0.3, -0.25) is 9.78 Å². The summed E-state index contributed by atoms with van der Waals surface area (Å²) in [6.45, 7) is 8.18. The Labute approximate surface area is 142 Å². The van der Waals surface area contributed by atoms with Crippen molar-refractivity contribution in [2.75, 3.05) is 17.6 Å². The van der Waals surface area contributed by atoms with Gasteiger partial charge in [0.1, 0.15) is 5.52 Å². The number of carbonyl (C=O) groups excluding carboxylic acids is 1. The number of aryl methyl sites for hydroxylation is 1. The molecule has 1 atom stereocenters. The minimum atomic E-state index is -0.345. The number of carbonyl (C=O) groups is 1. The average molecular weight is 330 g/mol. The number of nitrogens with one attached hydrogen (secondary N) is 2. The van der Waals surface area contributed by atoms with Crippen LogP contribution in [-0.2, 0) is 4.79 Å². The van der Waals surface area contributed by atoms with Crippen LogP contribution in [0.25, 0.3) is 11.0 Å². The maximum absolute atomic E-state index is 11.3. The van der Waals surface area contributed by atoms with Gasteiger partial charge in [-0.05, 0) is 31.9 Å². The van der Waals surface area contributed by atoms with Gasteiger partial charge < -0.3 is 16.4 Å². The molecular weight excluding hydrogens is 304 g/mol. The number of nitrogen functional groups attached to an aromatic ring is 1. The Morgan fingerprint density at radius 1 is 1.38 bits per heavy atom. The molecule has 1 unspecified atom stereocenters. The molecule has 7 nitrogen and oxygen atoms in total. The summed E-state index contributed by atoms with van der Waals surface area (Å²) in [4.78, 5) is 24.4. The molecule has 0 radical (unpaired) electrons. The molecule has 0 aliphatic rings. The van der Waals surface area contributed by atoms with Crippen LogP contribution in [0.1, 0.15) is 45.6 Å². The van der Waals surface area contributed by atoms with Crippen LogP contribution >= 0.6 is 0 Å². The summed E-state index contributed by atoms with van der Waals surface area (Å²) in [5.41, 5.74) is 7.91. The highest BCUT2D eigenvalue weighted by atomic mass is 16.1. The lowest BCUT2D eigenvalue weighted by atomic mass is 9.94. The molecule has 0 saturated heterocycles. The van der Waals surface area contributed by atoms with E-state index in [0.29, 0.717) is 23.4 Å². The van der Waals surface area contributed by atoms with Gasteiger partial charge in [-0.1, -0.05) is 19.8 Å². The fraction of sp³-hybridized carbons (Fsp3) is 0.529. The standard InChI is InChI=1S/C17H26N6O/c1-5-6-7-17(4,10-20-12(3)24)23-15-14-13(21-16(18)22-15)8-11(2)9-19-14/h8-9H,5-7,10H2,1-4H3,(H,20,24)(H3,18,21,22,23). The molecule has 2 aromatic heterocycles. The Balaban J connectivity index is 2.37. The van der Waals surface area contributed by atoms with Crippen LogP contribution < -0.4 is 16.4 Å². The van der Waals surface area contributed by atoms with Gasteiger partial charge in [0.15, 0.2) is 5.82 Å². The van der Waals surface area contributed by atoms with Crippen molar-refractivity contribution in [1.29, 1.82) is 0 Å². The first kappa shape index (κ1) is 17.9. The van der Waals surface area contributed by atoms with E-state index in [2.05, 4.69) is 39.4 Å². The van der Waals surface area contributed by atoms with Crippen LogP contribution in [0.15, 0.2) is 12.3 Å². The first-order chi connectivity index (χ1) is 11.3. The Hall–Kier alpha value is -2.44. The van der Waals surface area contributed by atoms with Gasteiger partial charge in [0, 0.05) is 19.7 Å². The first-order valence-corrected chi connectivity index (χ1v) is 8.25. The van der Waals surface area contributed by atoms with Gasteiger partial charge in [0.2, 0.25) is 11.9 Å². The summed E-state index contributed by atoms with van der Waals surface area (Å²) in [6.07, 6.45) is 4.78. The van der Waals surface area contributed by atoms with Crippen molar-refractivity contribution in [2.45, 2.75) is 52.5 Å². The largest absolute Gasteiger partial charge is 0.368 e. The van der Waals surface area contributed by atoms with Crippen molar-refractivity contribution in [3.8, 4) is 0 Å². The zero-order valence-electron chi connectivity index (χ0n) is 14.8. The smallest absolute Gasteiger partial charge is 0.222 e. The van der Waals surface area contributed by atoms with Crippen LogP contribution in [0, 0.1) is 6.92 Å². The summed E-state index contributed by atoms with van der Waals surface area (Å²) >= 11 is 0. The molecule has 0 fully saturated rings. The molecule has 0 bridgehead atoms. The molecule has 2 aromatic rings. The highest BCUT2D eigenvalue weighted by Gasteiger charge is 2.26. The second-order valence-electron chi connectivity index (χ2n) is 6.51. The summed E-state index contributed by atoms with van der Waals surface area (Å²) in [5, 5.41) is 6.33. The van der Waals surface area contributed by atoms with E-state index >= 15 is 0 Å². The molecule has 4 N–H and O–H groups in total. The number of nitrogens with zero attached hydrogens (tertiary/aromatic N) is 3. The van der Waals surface area contributed by atoms with Crippen molar-refractivity contribution in [3.05, 3.63) is 17.8 Å². The zero-order valence-corrected chi connectivity index (χ0v) is 14.8. The Morgan fingerprint density at radius 3 is 2.79 bits per heavy atom. The van der Waals surface area contributed by atoms with Gasteiger partial charge in [-0.25, -0.2) is 4.98 Å². The minimum Gasteiger partial charge on any atom is -0.368 e. The Kier molecular flexibility index (Phi) is 5.54. The van der Waals surface area contributed by atoms with E-state index in [-0.39, 0.29) is 17.4 Å².